The standard InChI is InChI=1S/C11H13BrCl2N2O2S2/c1-6(3-10(15)19)16(2)20(17,18)11-8(13)4-7(12)5-9(11)14/h4-6H,3H2,1-2H3,(H2,15,19). The first-order valence-electron chi connectivity index (χ1n) is 5.48. The average Bonchev–Trinajstić information content (AvgIpc) is 2.24. The molecule has 1 unspecified atom stereocenters. The normalized spacial score (nSPS) is 13.5. The summed E-state index contributed by atoms with van der Waals surface area (Å²) in [5.74, 6) is 0. The Hall–Kier alpha value is 0.0800. The Bertz CT molecular complexity index is 614. The van der Waals surface area contributed by atoms with Crippen LogP contribution in [0.25, 0.3) is 0 Å². The first-order valence-corrected chi connectivity index (χ1v) is 8.88. The summed E-state index contributed by atoms with van der Waals surface area (Å²) in [5, 5.41) is 0.109. The van der Waals surface area contributed by atoms with Gasteiger partial charge in [-0.2, -0.15) is 4.31 Å². The molecule has 0 heterocycles. The van der Waals surface area contributed by atoms with Crippen LogP contribution in [-0.2, 0) is 10.0 Å². The van der Waals surface area contributed by atoms with Crippen LogP contribution in [0.4, 0.5) is 0 Å². The Balaban J connectivity index is 3.27. The lowest BCUT2D eigenvalue weighted by Gasteiger charge is -2.25. The Morgan fingerprint density at radius 3 is 2.30 bits per heavy atom. The van der Waals surface area contributed by atoms with Crippen molar-refractivity contribution < 1.29 is 8.42 Å². The van der Waals surface area contributed by atoms with E-state index in [4.69, 9.17) is 41.2 Å². The summed E-state index contributed by atoms with van der Waals surface area (Å²) < 4.78 is 26.9. The smallest absolute Gasteiger partial charge is 0.246 e. The monoisotopic (exact) mass is 418 g/mol. The van der Waals surface area contributed by atoms with Gasteiger partial charge in [0.1, 0.15) is 4.90 Å². The van der Waals surface area contributed by atoms with E-state index in [0.717, 1.165) is 4.31 Å². The predicted octanol–water partition coefficient (Wildman–Crippen LogP) is 3.44. The molecule has 0 aliphatic heterocycles. The molecule has 112 valence electrons. The summed E-state index contributed by atoms with van der Waals surface area (Å²) in [4.78, 5) is 0.119. The maximum atomic E-state index is 12.6. The molecular weight excluding hydrogens is 407 g/mol. The number of thiocarbonyl (C=S) groups is 1. The number of hydrogen-bond acceptors (Lipinski definition) is 3. The fourth-order valence-corrected chi connectivity index (χ4v) is 5.06. The highest BCUT2D eigenvalue weighted by molar-refractivity contribution is 9.10. The molecule has 0 aliphatic rings. The zero-order chi connectivity index (χ0) is 15.7. The zero-order valence-electron chi connectivity index (χ0n) is 10.7. The average molecular weight is 420 g/mol. The third-order valence-electron chi connectivity index (χ3n) is 2.72. The predicted molar refractivity (Wildman–Crippen MR) is 90.0 cm³/mol. The van der Waals surface area contributed by atoms with Gasteiger partial charge in [0.15, 0.2) is 0 Å². The molecular formula is C11H13BrCl2N2O2S2. The van der Waals surface area contributed by atoms with Gasteiger partial charge in [0.25, 0.3) is 0 Å². The van der Waals surface area contributed by atoms with E-state index >= 15 is 0 Å². The van der Waals surface area contributed by atoms with Crippen LogP contribution in [0, 0.1) is 0 Å². The fraction of sp³-hybridized carbons (Fsp3) is 0.364. The van der Waals surface area contributed by atoms with Crippen molar-refractivity contribution in [2.75, 3.05) is 7.05 Å². The van der Waals surface area contributed by atoms with E-state index < -0.39 is 16.1 Å². The van der Waals surface area contributed by atoms with Crippen molar-refractivity contribution in [1.82, 2.24) is 4.31 Å². The first kappa shape index (κ1) is 18.1. The van der Waals surface area contributed by atoms with Gasteiger partial charge in [0, 0.05) is 24.0 Å². The zero-order valence-corrected chi connectivity index (χ0v) is 15.5. The van der Waals surface area contributed by atoms with Crippen LogP contribution in [0.5, 0.6) is 0 Å². The van der Waals surface area contributed by atoms with Crippen molar-refractivity contribution >= 4 is 66.4 Å². The van der Waals surface area contributed by atoms with Crippen LogP contribution in [0.2, 0.25) is 10.0 Å². The molecule has 0 spiro atoms. The van der Waals surface area contributed by atoms with Gasteiger partial charge in [0.05, 0.1) is 15.0 Å². The fourth-order valence-electron chi connectivity index (χ4n) is 1.58. The lowest BCUT2D eigenvalue weighted by atomic mass is 10.2. The van der Waals surface area contributed by atoms with E-state index in [1.54, 1.807) is 6.92 Å². The van der Waals surface area contributed by atoms with Crippen molar-refractivity contribution in [3.63, 3.8) is 0 Å². The highest BCUT2D eigenvalue weighted by Crippen LogP contribution is 2.35. The summed E-state index contributed by atoms with van der Waals surface area (Å²) in [7, 11) is -2.39. The maximum absolute atomic E-state index is 12.6. The minimum absolute atomic E-state index is 0.0544. The van der Waals surface area contributed by atoms with Crippen LogP contribution in [0.1, 0.15) is 13.3 Å². The second-order valence-electron chi connectivity index (χ2n) is 4.24. The Labute approximate surface area is 142 Å². The molecule has 0 saturated heterocycles. The van der Waals surface area contributed by atoms with Gasteiger partial charge in [-0.05, 0) is 19.1 Å². The van der Waals surface area contributed by atoms with Gasteiger partial charge in [-0.25, -0.2) is 8.42 Å². The lowest BCUT2D eigenvalue weighted by molar-refractivity contribution is 0.397. The van der Waals surface area contributed by atoms with Gasteiger partial charge < -0.3 is 5.73 Å². The van der Waals surface area contributed by atoms with Crippen molar-refractivity contribution in [3.8, 4) is 0 Å². The van der Waals surface area contributed by atoms with E-state index in [0.29, 0.717) is 4.47 Å². The summed E-state index contributed by atoms with van der Waals surface area (Å²) in [6.45, 7) is 1.71. The van der Waals surface area contributed by atoms with Gasteiger partial charge in [-0.1, -0.05) is 51.3 Å². The molecule has 0 fully saturated rings. The summed E-state index contributed by atoms with van der Waals surface area (Å²) >= 11 is 20.0. The Kier molecular flexibility index (Phi) is 6.25. The summed E-state index contributed by atoms with van der Waals surface area (Å²) in [5.41, 5.74) is 5.44. The number of benzene rings is 1. The molecule has 0 amide bonds. The topological polar surface area (TPSA) is 63.4 Å². The number of nitrogens with zero attached hydrogens (tertiary/aromatic N) is 1. The molecule has 1 aromatic rings. The van der Waals surface area contributed by atoms with E-state index in [9.17, 15) is 8.42 Å². The number of halogens is 3. The van der Waals surface area contributed by atoms with Crippen LogP contribution in [-0.4, -0.2) is 30.8 Å². The second-order valence-corrected chi connectivity index (χ2v) is 8.43. The number of hydrogen-bond donors (Lipinski definition) is 1. The molecule has 0 aliphatic carbocycles. The van der Waals surface area contributed by atoms with Crippen LogP contribution in [0.15, 0.2) is 21.5 Å². The van der Waals surface area contributed by atoms with E-state index in [-0.39, 0.29) is 26.4 Å². The van der Waals surface area contributed by atoms with E-state index in [1.807, 2.05) is 0 Å². The largest absolute Gasteiger partial charge is 0.393 e. The molecule has 4 nitrogen and oxygen atoms in total. The molecule has 20 heavy (non-hydrogen) atoms. The highest BCUT2D eigenvalue weighted by Gasteiger charge is 2.30. The van der Waals surface area contributed by atoms with Crippen LogP contribution >= 0.6 is 51.3 Å². The molecule has 2 N–H and O–H groups in total. The maximum Gasteiger partial charge on any atom is 0.246 e. The number of nitrogens with two attached hydrogens (primary N) is 1. The molecule has 0 aromatic heterocycles. The SMILES string of the molecule is CC(CC(N)=S)N(C)S(=O)(=O)c1c(Cl)cc(Br)cc1Cl. The van der Waals surface area contributed by atoms with Gasteiger partial charge in [0.2, 0.25) is 10.0 Å². The molecule has 0 saturated carbocycles. The van der Waals surface area contributed by atoms with Gasteiger partial charge >= 0.3 is 0 Å². The Morgan fingerprint density at radius 2 is 1.90 bits per heavy atom. The van der Waals surface area contributed by atoms with Gasteiger partial charge in [-0.3, -0.25) is 0 Å². The number of sulfonamides is 1. The van der Waals surface area contributed by atoms with Crippen LogP contribution < -0.4 is 5.73 Å². The minimum atomic E-state index is -3.83. The molecule has 9 heteroatoms. The summed E-state index contributed by atoms with van der Waals surface area (Å²) in [6, 6.07) is 2.56. The van der Waals surface area contributed by atoms with E-state index in [1.165, 1.54) is 19.2 Å². The summed E-state index contributed by atoms with van der Waals surface area (Å²) in [6.07, 6.45) is 0.275. The van der Waals surface area contributed by atoms with Crippen molar-refractivity contribution in [1.29, 1.82) is 0 Å². The van der Waals surface area contributed by atoms with Crippen LogP contribution in [0.3, 0.4) is 0 Å². The highest BCUT2D eigenvalue weighted by atomic mass is 79.9. The second kappa shape index (κ2) is 6.89. The van der Waals surface area contributed by atoms with Crippen molar-refractivity contribution in [3.05, 3.63) is 26.7 Å². The molecule has 1 atom stereocenters. The minimum Gasteiger partial charge on any atom is -0.393 e. The molecule has 0 radical (unpaired) electrons. The number of rotatable bonds is 5. The lowest BCUT2D eigenvalue weighted by Crippen LogP contribution is -2.37. The van der Waals surface area contributed by atoms with Gasteiger partial charge in [-0.15, -0.1) is 0 Å². The molecule has 1 aromatic carbocycles. The first-order chi connectivity index (χ1) is 9.07. The Morgan fingerprint density at radius 1 is 1.45 bits per heavy atom. The van der Waals surface area contributed by atoms with E-state index in [2.05, 4.69) is 15.9 Å². The van der Waals surface area contributed by atoms with Crippen molar-refractivity contribution in [2.24, 2.45) is 5.73 Å². The third kappa shape index (κ3) is 4.05. The third-order valence-corrected chi connectivity index (χ3v) is 6.24. The van der Waals surface area contributed by atoms with Crippen molar-refractivity contribution in [2.45, 2.75) is 24.3 Å². The molecule has 1 rings (SSSR count). The quantitative estimate of drug-likeness (QED) is 0.742. The molecule has 0 bridgehead atoms.